The maximum atomic E-state index is 13.9. The summed E-state index contributed by atoms with van der Waals surface area (Å²) in [7, 11) is 0. The van der Waals surface area contributed by atoms with Crippen molar-refractivity contribution in [3.63, 3.8) is 0 Å². The summed E-state index contributed by atoms with van der Waals surface area (Å²) in [5, 5.41) is 0. The molecule has 1 heterocycles. The Morgan fingerprint density at radius 3 is 2.35 bits per heavy atom. The average molecular weight is 363 g/mol. The van der Waals surface area contributed by atoms with E-state index < -0.39 is 29.2 Å². The Hall–Kier alpha value is -2.28. The third-order valence-corrected chi connectivity index (χ3v) is 4.66. The number of fused-ring (bicyclic) bond motifs is 1. The molecular weight excluding hydrogens is 341 g/mol. The van der Waals surface area contributed by atoms with Gasteiger partial charge in [0.05, 0.1) is 17.0 Å². The third kappa shape index (κ3) is 3.49. The molecule has 1 aromatic rings. The summed E-state index contributed by atoms with van der Waals surface area (Å²) in [6, 6.07) is 3.72. The van der Waals surface area contributed by atoms with Crippen LogP contribution in [0.4, 0.5) is 4.39 Å². The number of imide groups is 1. The van der Waals surface area contributed by atoms with Crippen molar-refractivity contribution < 1.29 is 28.5 Å². The summed E-state index contributed by atoms with van der Waals surface area (Å²) in [5.74, 6) is -2.51. The summed E-state index contributed by atoms with van der Waals surface area (Å²) >= 11 is 0. The number of halogens is 1. The van der Waals surface area contributed by atoms with Crippen LogP contribution in [-0.2, 0) is 14.6 Å². The molecule has 1 aliphatic carbocycles. The topological polar surface area (TPSA) is 72.9 Å². The van der Waals surface area contributed by atoms with Gasteiger partial charge >= 0.3 is 5.97 Å². The van der Waals surface area contributed by atoms with Crippen molar-refractivity contribution in [2.24, 2.45) is 5.92 Å². The first-order chi connectivity index (χ1) is 12.2. The van der Waals surface area contributed by atoms with Gasteiger partial charge in [-0.15, -0.1) is 0 Å². The van der Waals surface area contributed by atoms with Gasteiger partial charge in [0.15, 0.2) is 0 Å². The van der Waals surface area contributed by atoms with E-state index in [1.165, 1.54) is 18.2 Å². The van der Waals surface area contributed by atoms with Gasteiger partial charge < -0.3 is 0 Å². The maximum Gasteiger partial charge on any atom is 0.345 e. The highest BCUT2D eigenvalue weighted by Crippen LogP contribution is 2.34. The number of benzene rings is 1. The van der Waals surface area contributed by atoms with Gasteiger partial charge in [-0.1, -0.05) is 6.07 Å². The van der Waals surface area contributed by atoms with Crippen LogP contribution < -0.4 is 0 Å². The van der Waals surface area contributed by atoms with E-state index in [1.807, 2.05) is 0 Å². The first kappa shape index (κ1) is 18.5. The van der Waals surface area contributed by atoms with Crippen LogP contribution in [0.15, 0.2) is 18.2 Å². The van der Waals surface area contributed by atoms with Crippen molar-refractivity contribution in [1.29, 1.82) is 0 Å². The second-order valence-corrected chi connectivity index (χ2v) is 7.75. The fourth-order valence-corrected chi connectivity index (χ4v) is 3.40. The van der Waals surface area contributed by atoms with E-state index in [4.69, 9.17) is 9.78 Å². The predicted molar refractivity (Wildman–Crippen MR) is 89.6 cm³/mol. The smallest absolute Gasteiger partial charge is 0.298 e. The van der Waals surface area contributed by atoms with Gasteiger partial charge in [-0.2, -0.15) is 4.89 Å². The van der Waals surface area contributed by atoms with Crippen molar-refractivity contribution in [2.45, 2.75) is 58.1 Å². The Morgan fingerprint density at radius 2 is 1.77 bits per heavy atom. The Kier molecular flexibility index (Phi) is 4.84. The lowest BCUT2D eigenvalue weighted by molar-refractivity contribution is -0.323. The number of amides is 2. The molecule has 1 saturated carbocycles. The van der Waals surface area contributed by atoms with Gasteiger partial charge in [0, 0.05) is 6.04 Å². The molecule has 3 rings (SSSR count). The van der Waals surface area contributed by atoms with E-state index >= 15 is 0 Å². The molecule has 0 unspecified atom stereocenters. The number of carbonyl (C=O) groups excluding carboxylic acids is 3. The highest BCUT2D eigenvalue weighted by molar-refractivity contribution is 6.21. The van der Waals surface area contributed by atoms with Crippen LogP contribution in [0.3, 0.4) is 0 Å². The normalized spacial score (nSPS) is 23.2. The van der Waals surface area contributed by atoms with E-state index in [0.29, 0.717) is 25.7 Å². The highest BCUT2D eigenvalue weighted by atomic mass is 19.1. The maximum absolute atomic E-state index is 13.9. The molecule has 1 aromatic carbocycles. The van der Waals surface area contributed by atoms with Gasteiger partial charge in [-0.25, -0.2) is 9.18 Å². The standard InChI is InChI=1S/C19H22FNO5/c1-19(2,3)26-25-18(24)11-7-9-12(10-8-11)21-16(22)13-5-4-6-14(20)15(13)17(21)23/h4-6,11-12H,7-10H2,1-3H3. The van der Waals surface area contributed by atoms with Gasteiger partial charge in [0.25, 0.3) is 11.8 Å². The van der Waals surface area contributed by atoms with Crippen LogP contribution >= 0.6 is 0 Å². The molecule has 6 nitrogen and oxygen atoms in total. The van der Waals surface area contributed by atoms with E-state index in [2.05, 4.69) is 0 Å². The van der Waals surface area contributed by atoms with Crippen molar-refractivity contribution in [1.82, 2.24) is 4.90 Å². The molecule has 1 aliphatic heterocycles. The molecule has 0 aromatic heterocycles. The van der Waals surface area contributed by atoms with Crippen LogP contribution in [0.2, 0.25) is 0 Å². The molecule has 0 saturated heterocycles. The van der Waals surface area contributed by atoms with Crippen LogP contribution in [0.5, 0.6) is 0 Å². The van der Waals surface area contributed by atoms with Gasteiger partial charge in [0.2, 0.25) is 0 Å². The van der Waals surface area contributed by atoms with Crippen molar-refractivity contribution in [3.05, 3.63) is 35.1 Å². The summed E-state index contributed by atoms with van der Waals surface area (Å²) in [6.45, 7) is 5.33. The minimum absolute atomic E-state index is 0.107. The zero-order valence-corrected chi connectivity index (χ0v) is 15.1. The Labute approximate surface area is 151 Å². The summed E-state index contributed by atoms with van der Waals surface area (Å²) in [4.78, 5) is 48.2. The zero-order valence-electron chi connectivity index (χ0n) is 15.1. The molecule has 0 radical (unpaired) electrons. The summed E-state index contributed by atoms with van der Waals surface area (Å²) < 4.78 is 13.9. The monoisotopic (exact) mass is 363 g/mol. The molecule has 1 fully saturated rings. The minimum Gasteiger partial charge on any atom is -0.298 e. The first-order valence-electron chi connectivity index (χ1n) is 8.75. The van der Waals surface area contributed by atoms with Crippen LogP contribution in [0.1, 0.15) is 67.2 Å². The van der Waals surface area contributed by atoms with Crippen molar-refractivity contribution >= 4 is 17.8 Å². The predicted octanol–water partition coefficient (Wildman–Crippen LogP) is 3.25. The number of hydrogen-bond acceptors (Lipinski definition) is 5. The van der Waals surface area contributed by atoms with E-state index in [1.54, 1.807) is 20.8 Å². The third-order valence-electron chi connectivity index (χ3n) is 4.66. The SMILES string of the molecule is CC(C)(C)OOC(=O)C1CCC(N2C(=O)c3cccc(F)c3C2=O)CC1. The van der Waals surface area contributed by atoms with E-state index in [0.717, 1.165) is 4.90 Å². The summed E-state index contributed by atoms with van der Waals surface area (Å²) in [5.41, 5.74) is -0.635. The van der Waals surface area contributed by atoms with E-state index in [9.17, 15) is 18.8 Å². The fraction of sp³-hybridized carbons (Fsp3) is 0.526. The number of rotatable bonds is 3. The van der Waals surface area contributed by atoms with E-state index in [-0.39, 0.29) is 23.1 Å². The Morgan fingerprint density at radius 1 is 1.12 bits per heavy atom. The van der Waals surface area contributed by atoms with Crippen molar-refractivity contribution in [3.8, 4) is 0 Å². The molecule has 0 spiro atoms. The number of nitrogens with zero attached hydrogens (tertiary/aromatic N) is 1. The molecule has 2 amide bonds. The highest BCUT2D eigenvalue weighted by Gasteiger charge is 2.43. The minimum atomic E-state index is -0.681. The Bertz CT molecular complexity index is 747. The molecule has 140 valence electrons. The molecule has 0 atom stereocenters. The van der Waals surface area contributed by atoms with Crippen LogP contribution in [0, 0.1) is 11.7 Å². The van der Waals surface area contributed by atoms with Crippen LogP contribution in [0.25, 0.3) is 0 Å². The average Bonchev–Trinajstić information content (AvgIpc) is 2.84. The molecule has 2 aliphatic rings. The largest absolute Gasteiger partial charge is 0.345 e. The quantitative estimate of drug-likeness (QED) is 0.468. The number of hydrogen-bond donors (Lipinski definition) is 0. The van der Waals surface area contributed by atoms with Gasteiger partial charge in [-0.05, 0) is 58.6 Å². The number of carbonyl (C=O) groups is 3. The summed E-state index contributed by atoms with van der Waals surface area (Å²) in [6.07, 6.45) is 1.91. The fourth-order valence-electron chi connectivity index (χ4n) is 3.40. The zero-order chi connectivity index (χ0) is 19.1. The second kappa shape index (κ2) is 6.79. The Balaban J connectivity index is 1.63. The van der Waals surface area contributed by atoms with Crippen molar-refractivity contribution in [2.75, 3.05) is 0 Å². The first-order valence-corrected chi connectivity index (χ1v) is 8.75. The molecular formula is C19H22FNO5. The lowest BCUT2D eigenvalue weighted by atomic mass is 9.85. The molecule has 0 bridgehead atoms. The second-order valence-electron chi connectivity index (χ2n) is 7.75. The van der Waals surface area contributed by atoms with Gasteiger partial charge in [0.1, 0.15) is 11.4 Å². The lowest BCUT2D eigenvalue weighted by Gasteiger charge is -2.32. The molecule has 0 N–H and O–H groups in total. The lowest BCUT2D eigenvalue weighted by Crippen LogP contribution is -2.43. The molecule has 26 heavy (non-hydrogen) atoms. The molecule has 7 heteroatoms. The van der Waals surface area contributed by atoms with Crippen LogP contribution in [-0.4, -0.2) is 34.3 Å². The van der Waals surface area contributed by atoms with Gasteiger partial charge in [-0.3, -0.25) is 19.4 Å².